The SMILES string of the molecule is CCCC(=O)C1CCC(N2CC(CC(=O)CNc3ncnc4ccc(C(F)(F)F)cc34)C2)CC1. The Balaban J connectivity index is 1.23. The summed E-state index contributed by atoms with van der Waals surface area (Å²) in [5.41, 5.74) is -0.388. The molecule has 1 aromatic carbocycles. The number of hydrogen-bond donors (Lipinski definition) is 1. The summed E-state index contributed by atoms with van der Waals surface area (Å²) >= 11 is 0. The number of carbonyl (C=O) groups excluding carboxylic acids is 2. The van der Waals surface area contributed by atoms with Gasteiger partial charge in [0, 0.05) is 43.3 Å². The van der Waals surface area contributed by atoms with Gasteiger partial charge in [-0.1, -0.05) is 6.92 Å². The van der Waals surface area contributed by atoms with Crippen LogP contribution in [0.4, 0.5) is 19.0 Å². The third kappa shape index (κ3) is 5.74. The number of nitrogens with one attached hydrogen (secondary N) is 1. The van der Waals surface area contributed by atoms with Crippen molar-refractivity contribution in [3.8, 4) is 0 Å². The molecule has 0 unspecified atom stereocenters. The lowest BCUT2D eigenvalue weighted by molar-refractivity contribution is -0.137. The summed E-state index contributed by atoms with van der Waals surface area (Å²) in [5.74, 6) is 1.18. The smallest absolute Gasteiger partial charge is 0.362 e. The highest BCUT2D eigenvalue weighted by Crippen LogP contribution is 2.34. The number of Topliss-reactive ketones (excluding diaryl/α,β-unsaturated/α-hetero) is 2. The number of alkyl halides is 3. The van der Waals surface area contributed by atoms with Crippen molar-refractivity contribution in [2.45, 2.75) is 64.1 Å². The molecule has 4 rings (SSSR count). The van der Waals surface area contributed by atoms with E-state index in [1.54, 1.807) is 0 Å². The van der Waals surface area contributed by atoms with Crippen molar-refractivity contribution in [3.05, 3.63) is 30.1 Å². The fraction of sp³-hybridized carbons (Fsp3) is 0.600. The molecule has 2 aliphatic rings. The first kappa shape index (κ1) is 24.6. The molecule has 1 saturated heterocycles. The third-order valence-corrected chi connectivity index (χ3v) is 7.08. The second-order valence-electron chi connectivity index (χ2n) is 9.59. The number of likely N-dealkylation sites (tertiary alicyclic amines) is 1. The van der Waals surface area contributed by atoms with Crippen LogP contribution in [0.3, 0.4) is 0 Å². The molecule has 1 saturated carbocycles. The lowest BCUT2D eigenvalue weighted by Gasteiger charge is -2.46. The molecule has 0 atom stereocenters. The highest BCUT2D eigenvalue weighted by Gasteiger charge is 2.36. The molecule has 2 fully saturated rings. The molecule has 2 aromatic rings. The fourth-order valence-corrected chi connectivity index (χ4v) is 5.20. The van der Waals surface area contributed by atoms with E-state index in [9.17, 15) is 22.8 Å². The van der Waals surface area contributed by atoms with Crippen LogP contribution in [0.5, 0.6) is 0 Å². The Hall–Kier alpha value is -2.55. The van der Waals surface area contributed by atoms with E-state index in [0.29, 0.717) is 36.1 Å². The molecule has 184 valence electrons. The van der Waals surface area contributed by atoms with Gasteiger partial charge in [0.1, 0.15) is 17.9 Å². The van der Waals surface area contributed by atoms with E-state index in [1.165, 1.54) is 12.4 Å². The molecule has 1 N–H and O–H groups in total. The van der Waals surface area contributed by atoms with Gasteiger partial charge < -0.3 is 5.32 Å². The van der Waals surface area contributed by atoms with Crippen LogP contribution in [-0.4, -0.2) is 52.1 Å². The van der Waals surface area contributed by atoms with Gasteiger partial charge in [-0.15, -0.1) is 0 Å². The Morgan fingerprint density at radius 2 is 1.85 bits per heavy atom. The zero-order valence-corrected chi connectivity index (χ0v) is 19.4. The van der Waals surface area contributed by atoms with Crippen molar-refractivity contribution >= 4 is 28.3 Å². The molecule has 9 heteroatoms. The summed E-state index contributed by atoms with van der Waals surface area (Å²) in [6.45, 7) is 3.83. The first-order chi connectivity index (χ1) is 16.2. The average Bonchev–Trinajstić information content (AvgIpc) is 2.79. The van der Waals surface area contributed by atoms with Gasteiger partial charge in [-0.25, -0.2) is 9.97 Å². The molecule has 1 aliphatic heterocycles. The number of rotatable bonds is 9. The highest BCUT2D eigenvalue weighted by molar-refractivity contribution is 5.91. The number of carbonyl (C=O) groups is 2. The van der Waals surface area contributed by atoms with Crippen LogP contribution in [0.25, 0.3) is 10.9 Å². The van der Waals surface area contributed by atoms with E-state index < -0.39 is 11.7 Å². The average molecular weight is 477 g/mol. The largest absolute Gasteiger partial charge is 0.416 e. The Morgan fingerprint density at radius 1 is 1.12 bits per heavy atom. The van der Waals surface area contributed by atoms with E-state index in [-0.39, 0.29) is 29.4 Å². The van der Waals surface area contributed by atoms with Crippen molar-refractivity contribution in [1.29, 1.82) is 0 Å². The molecular formula is C25H31F3N4O2. The first-order valence-corrected chi connectivity index (χ1v) is 12.1. The zero-order chi connectivity index (χ0) is 24.3. The van der Waals surface area contributed by atoms with E-state index >= 15 is 0 Å². The molecule has 2 heterocycles. The topological polar surface area (TPSA) is 75.2 Å². The Labute approximate surface area is 197 Å². The van der Waals surface area contributed by atoms with E-state index in [1.807, 2.05) is 6.92 Å². The second-order valence-corrected chi connectivity index (χ2v) is 9.59. The van der Waals surface area contributed by atoms with Crippen LogP contribution < -0.4 is 5.32 Å². The molecule has 34 heavy (non-hydrogen) atoms. The molecule has 1 aliphatic carbocycles. The van der Waals surface area contributed by atoms with Crippen LogP contribution in [0.15, 0.2) is 24.5 Å². The number of nitrogens with zero attached hydrogens (tertiary/aromatic N) is 3. The van der Waals surface area contributed by atoms with Gasteiger partial charge in [-0.2, -0.15) is 13.2 Å². The maximum Gasteiger partial charge on any atom is 0.416 e. The van der Waals surface area contributed by atoms with E-state index in [4.69, 9.17) is 0 Å². The summed E-state index contributed by atoms with van der Waals surface area (Å²) in [6.07, 6.45) is 2.88. The number of benzene rings is 1. The summed E-state index contributed by atoms with van der Waals surface area (Å²) in [6, 6.07) is 3.81. The molecule has 1 aromatic heterocycles. The van der Waals surface area contributed by atoms with Crippen molar-refractivity contribution in [1.82, 2.24) is 14.9 Å². The quantitative estimate of drug-likeness (QED) is 0.556. The number of anilines is 1. The van der Waals surface area contributed by atoms with Gasteiger partial charge in [0.25, 0.3) is 0 Å². The first-order valence-electron chi connectivity index (χ1n) is 12.1. The van der Waals surface area contributed by atoms with Gasteiger partial charge in [0.15, 0.2) is 5.78 Å². The van der Waals surface area contributed by atoms with Crippen molar-refractivity contribution < 1.29 is 22.8 Å². The molecule has 0 radical (unpaired) electrons. The van der Waals surface area contributed by atoms with Gasteiger partial charge >= 0.3 is 6.18 Å². The minimum Gasteiger partial charge on any atom is -0.362 e. The van der Waals surface area contributed by atoms with E-state index in [2.05, 4.69) is 20.2 Å². The van der Waals surface area contributed by atoms with Gasteiger partial charge in [-0.3, -0.25) is 14.5 Å². The monoisotopic (exact) mass is 476 g/mol. The minimum absolute atomic E-state index is 0.0114. The number of ketones is 2. The number of halogens is 3. The minimum atomic E-state index is -4.46. The lowest BCUT2D eigenvalue weighted by atomic mass is 9.80. The molecule has 0 bridgehead atoms. The molecule has 0 amide bonds. The Bertz CT molecular complexity index is 1030. The maximum absolute atomic E-state index is 13.1. The summed E-state index contributed by atoms with van der Waals surface area (Å²) < 4.78 is 39.2. The lowest BCUT2D eigenvalue weighted by Crippen LogP contribution is -2.53. The Morgan fingerprint density at radius 3 is 2.53 bits per heavy atom. The number of aromatic nitrogens is 2. The second kappa shape index (κ2) is 10.4. The maximum atomic E-state index is 13.1. The third-order valence-electron chi connectivity index (χ3n) is 7.08. The number of hydrogen-bond acceptors (Lipinski definition) is 6. The number of fused-ring (bicyclic) bond motifs is 1. The van der Waals surface area contributed by atoms with Crippen LogP contribution in [-0.2, 0) is 15.8 Å². The molecule has 0 spiro atoms. The van der Waals surface area contributed by atoms with Gasteiger partial charge in [-0.05, 0) is 56.2 Å². The fourth-order valence-electron chi connectivity index (χ4n) is 5.20. The standard InChI is InChI=1S/C25H31F3N4O2/c1-2-3-23(34)17-4-7-19(8-5-17)32-13-16(14-32)10-20(33)12-29-24-21-11-18(25(26,27)28)6-9-22(21)30-15-31-24/h6,9,11,15-17,19H,2-5,7-8,10,12-14H2,1H3,(H,29,30,31). The zero-order valence-electron chi connectivity index (χ0n) is 19.4. The normalized spacial score (nSPS) is 21.9. The predicted octanol–water partition coefficient (Wildman–Crippen LogP) is 4.88. The van der Waals surface area contributed by atoms with E-state index in [0.717, 1.165) is 57.3 Å². The van der Waals surface area contributed by atoms with Crippen molar-refractivity contribution in [2.24, 2.45) is 11.8 Å². The summed E-state index contributed by atoms with van der Waals surface area (Å²) in [4.78, 5) is 35.1. The van der Waals surface area contributed by atoms with Crippen molar-refractivity contribution in [2.75, 3.05) is 25.0 Å². The predicted molar refractivity (Wildman–Crippen MR) is 123 cm³/mol. The van der Waals surface area contributed by atoms with Crippen LogP contribution in [0, 0.1) is 11.8 Å². The molecule has 6 nitrogen and oxygen atoms in total. The summed E-state index contributed by atoms with van der Waals surface area (Å²) in [7, 11) is 0. The highest BCUT2D eigenvalue weighted by atomic mass is 19.4. The van der Waals surface area contributed by atoms with Crippen LogP contribution in [0.1, 0.15) is 57.4 Å². The summed E-state index contributed by atoms with van der Waals surface area (Å²) in [5, 5.41) is 3.15. The van der Waals surface area contributed by atoms with Crippen LogP contribution >= 0.6 is 0 Å². The molecular weight excluding hydrogens is 445 g/mol. The van der Waals surface area contributed by atoms with Gasteiger partial charge in [0.2, 0.25) is 0 Å². The Kier molecular flexibility index (Phi) is 7.50. The van der Waals surface area contributed by atoms with Crippen LogP contribution in [0.2, 0.25) is 0 Å². The van der Waals surface area contributed by atoms with Gasteiger partial charge in [0.05, 0.1) is 17.6 Å². The van der Waals surface area contributed by atoms with Crippen molar-refractivity contribution in [3.63, 3.8) is 0 Å².